The molecule has 1 fully saturated rings. The molecule has 0 bridgehead atoms. The van der Waals surface area contributed by atoms with Crippen LogP contribution in [-0.2, 0) is 13.5 Å². The van der Waals surface area contributed by atoms with Gasteiger partial charge in [-0.1, -0.05) is 47.5 Å². The lowest BCUT2D eigenvalue weighted by Gasteiger charge is -2.42. The standard InChI is InChI=1S/C27H25Cl2N9O/c1-37-23(29)17-16(36-37)7-6-15(19(17)28)20-18-21(24(31)39)32-26(33-25(18)35-34-20)38-10-8-27(9-11-38)12-13-4-2-3-5-14(13)22(27)30/h2-7,22H,8-12,30H2,1H3,(H2,31,39)(H,32,33,34,35). The summed E-state index contributed by atoms with van der Waals surface area (Å²) in [5.41, 5.74) is 17.3. The second kappa shape index (κ2) is 8.64. The maximum Gasteiger partial charge on any atom is 0.268 e. The molecule has 39 heavy (non-hydrogen) atoms. The quantitative estimate of drug-likeness (QED) is 0.300. The van der Waals surface area contributed by atoms with Crippen molar-refractivity contribution >= 4 is 57.0 Å². The normalized spacial score (nSPS) is 18.4. The number of fused-ring (bicyclic) bond motifs is 3. The molecule has 12 heteroatoms. The van der Waals surface area contributed by atoms with E-state index in [-0.39, 0.29) is 17.2 Å². The van der Waals surface area contributed by atoms with Crippen molar-refractivity contribution in [3.05, 3.63) is 63.4 Å². The van der Waals surface area contributed by atoms with Crippen LogP contribution in [-0.4, -0.2) is 48.9 Å². The lowest BCUT2D eigenvalue weighted by atomic mass is 9.73. The average molecular weight is 562 g/mol. The zero-order chi connectivity index (χ0) is 27.1. The molecule has 1 unspecified atom stereocenters. The molecule has 7 rings (SSSR count). The molecule has 0 saturated carbocycles. The second-order valence-corrected chi connectivity index (χ2v) is 11.2. The molecule has 5 aromatic rings. The first-order valence-corrected chi connectivity index (χ1v) is 13.5. The topological polar surface area (TPSA) is 145 Å². The van der Waals surface area contributed by atoms with E-state index in [9.17, 15) is 4.79 Å². The minimum atomic E-state index is -0.676. The molecule has 1 aliphatic carbocycles. The highest BCUT2D eigenvalue weighted by atomic mass is 35.5. The van der Waals surface area contributed by atoms with Gasteiger partial charge >= 0.3 is 0 Å². The number of hydrogen-bond acceptors (Lipinski definition) is 7. The number of nitrogens with zero attached hydrogens (tertiary/aromatic N) is 6. The number of nitrogens with two attached hydrogens (primary N) is 2. The molecule has 3 aromatic heterocycles. The highest BCUT2D eigenvalue weighted by Crippen LogP contribution is 2.51. The minimum absolute atomic E-state index is 0.00438. The summed E-state index contributed by atoms with van der Waals surface area (Å²) in [5.74, 6) is -0.255. The number of amides is 1. The molecule has 1 atom stereocenters. The Morgan fingerprint density at radius 2 is 1.87 bits per heavy atom. The summed E-state index contributed by atoms with van der Waals surface area (Å²) >= 11 is 13.2. The van der Waals surface area contributed by atoms with Gasteiger partial charge in [0.15, 0.2) is 5.65 Å². The Hall–Kier alpha value is -3.73. The van der Waals surface area contributed by atoms with Crippen molar-refractivity contribution in [1.82, 2.24) is 29.9 Å². The monoisotopic (exact) mass is 561 g/mol. The number of aryl methyl sites for hydroxylation is 1. The highest BCUT2D eigenvalue weighted by Gasteiger charge is 2.46. The fourth-order valence-corrected chi connectivity index (χ4v) is 6.91. The zero-order valence-corrected chi connectivity index (χ0v) is 22.6. The molecule has 1 aliphatic heterocycles. The van der Waals surface area contributed by atoms with Crippen LogP contribution in [0, 0.1) is 5.41 Å². The van der Waals surface area contributed by atoms with Crippen molar-refractivity contribution in [3.63, 3.8) is 0 Å². The fraction of sp³-hybridized carbons (Fsp3) is 0.296. The maximum absolute atomic E-state index is 12.6. The number of nitrogens with one attached hydrogen (secondary N) is 1. The van der Waals surface area contributed by atoms with Gasteiger partial charge in [0.05, 0.1) is 27.0 Å². The summed E-state index contributed by atoms with van der Waals surface area (Å²) in [6.45, 7) is 1.43. The zero-order valence-electron chi connectivity index (χ0n) is 21.1. The summed E-state index contributed by atoms with van der Waals surface area (Å²) in [5, 5.41) is 13.6. The molecule has 5 N–H and O–H groups in total. The fourth-order valence-electron chi connectivity index (χ4n) is 6.29. The van der Waals surface area contributed by atoms with Crippen LogP contribution in [0.2, 0.25) is 10.2 Å². The lowest BCUT2D eigenvalue weighted by molar-refractivity contribution is 0.0997. The second-order valence-electron chi connectivity index (χ2n) is 10.5. The number of aromatic amines is 1. The van der Waals surface area contributed by atoms with Gasteiger partial charge in [-0.2, -0.15) is 15.2 Å². The van der Waals surface area contributed by atoms with Gasteiger partial charge in [-0.3, -0.25) is 14.6 Å². The number of halogens is 2. The predicted molar refractivity (Wildman–Crippen MR) is 151 cm³/mol. The summed E-state index contributed by atoms with van der Waals surface area (Å²) in [6, 6.07) is 12.0. The van der Waals surface area contributed by atoms with Gasteiger partial charge in [-0.05, 0) is 47.9 Å². The van der Waals surface area contributed by atoms with Crippen molar-refractivity contribution in [2.45, 2.75) is 25.3 Å². The lowest BCUT2D eigenvalue weighted by Crippen LogP contribution is -2.45. The molecule has 1 spiro atoms. The Morgan fingerprint density at radius 1 is 1.10 bits per heavy atom. The largest absolute Gasteiger partial charge is 0.364 e. The number of H-pyrrole nitrogens is 1. The van der Waals surface area contributed by atoms with Gasteiger partial charge in [0.25, 0.3) is 5.91 Å². The molecule has 198 valence electrons. The number of primary amides is 1. The first-order chi connectivity index (χ1) is 18.8. The van der Waals surface area contributed by atoms with Gasteiger partial charge in [-0.15, -0.1) is 0 Å². The number of aromatic nitrogens is 6. The van der Waals surface area contributed by atoms with Crippen LogP contribution in [0.3, 0.4) is 0 Å². The van der Waals surface area contributed by atoms with Crippen molar-refractivity contribution in [3.8, 4) is 11.3 Å². The molecule has 4 heterocycles. The van der Waals surface area contributed by atoms with Crippen molar-refractivity contribution < 1.29 is 4.79 Å². The van der Waals surface area contributed by atoms with Crippen molar-refractivity contribution in [2.75, 3.05) is 18.0 Å². The van der Waals surface area contributed by atoms with Gasteiger partial charge in [0, 0.05) is 31.7 Å². The van der Waals surface area contributed by atoms with Crippen LogP contribution < -0.4 is 16.4 Å². The van der Waals surface area contributed by atoms with E-state index >= 15 is 0 Å². The molecule has 2 aromatic carbocycles. The van der Waals surface area contributed by atoms with E-state index in [4.69, 9.17) is 39.7 Å². The Bertz CT molecular complexity index is 1800. The summed E-state index contributed by atoms with van der Waals surface area (Å²) in [6.07, 6.45) is 2.76. The Balaban J connectivity index is 1.25. The summed E-state index contributed by atoms with van der Waals surface area (Å²) < 4.78 is 1.55. The van der Waals surface area contributed by atoms with Gasteiger partial charge in [0.1, 0.15) is 10.8 Å². The molecular weight excluding hydrogens is 537 g/mol. The number of piperidine rings is 1. The third kappa shape index (κ3) is 3.55. The van der Waals surface area contributed by atoms with Crippen LogP contribution in [0.25, 0.3) is 33.2 Å². The smallest absolute Gasteiger partial charge is 0.268 e. The SMILES string of the molecule is Cn1nc2ccc(-c3[nH]nc4nc(N5CCC6(CC5)Cc5ccccc5C6N)nc(C(N)=O)c34)c(Cl)c2c1Cl. The first-order valence-electron chi connectivity index (χ1n) is 12.7. The third-order valence-corrected chi connectivity index (χ3v) is 9.23. The van der Waals surface area contributed by atoms with E-state index < -0.39 is 5.91 Å². The Morgan fingerprint density at radius 3 is 2.62 bits per heavy atom. The van der Waals surface area contributed by atoms with Crippen LogP contribution in [0.1, 0.15) is 40.5 Å². The van der Waals surface area contributed by atoms with Crippen LogP contribution in [0.4, 0.5) is 5.95 Å². The summed E-state index contributed by atoms with van der Waals surface area (Å²) in [4.78, 5) is 24.1. The highest BCUT2D eigenvalue weighted by molar-refractivity contribution is 6.43. The first kappa shape index (κ1) is 24.3. The molecular formula is C27H25Cl2N9O. The van der Waals surface area contributed by atoms with E-state index in [1.165, 1.54) is 11.1 Å². The molecule has 1 saturated heterocycles. The molecule has 0 radical (unpaired) electrons. The number of carbonyl (C=O) groups excluding carboxylic acids is 1. The predicted octanol–water partition coefficient (Wildman–Crippen LogP) is 4.16. The van der Waals surface area contributed by atoms with E-state index in [0.29, 0.717) is 62.4 Å². The van der Waals surface area contributed by atoms with E-state index in [1.807, 2.05) is 6.07 Å². The van der Waals surface area contributed by atoms with E-state index in [1.54, 1.807) is 17.8 Å². The third-order valence-electron chi connectivity index (χ3n) is 8.41. The molecule has 10 nitrogen and oxygen atoms in total. The van der Waals surface area contributed by atoms with Gasteiger partial charge in [0.2, 0.25) is 5.95 Å². The Labute approximate surface area is 233 Å². The number of anilines is 1. The van der Waals surface area contributed by atoms with Crippen molar-refractivity contribution in [2.24, 2.45) is 23.9 Å². The number of benzene rings is 2. The van der Waals surface area contributed by atoms with Crippen LogP contribution >= 0.6 is 23.2 Å². The minimum Gasteiger partial charge on any atom is -0.364 e. The van der Waals surface area contributed by atoms with Gasteiger partial charge < -0.3 is 16.4 Å². The van der Waals surface area contributed by atoms with Crippen LogP contribution in [0.5, 0.6) is 0 Å². The molecule has 1 amide bonds. The number of hydrogen-bond donors (Lipinski definition) is 3. The maximum atomic E-state index is 12.6. The van der Waals surface area contributed by atoms with E-state index in [2.05, 4.69) is 49.4 Å². The van der Waals surface area contributed by atoms with Crippen molar-refractivity contribution in [1.29, 1.82) is 0 Å². The van der Waals surface area contributed by atoms with Gasteiger partial charge in [-0.25, -0.2) is 4.98 Å². The molecule has 2 aliphatic rings. The summed E-state index contributed by atoms with van der Waals surface area (Å²) in [7, 11) is 1.74. The van der Waals surface area contributed by atoms with Crippen LogP contribution in [0.15, 0.2) is 36.4 Å². The Kier molecular flexibility index (Phi) is 5.39. The average Bonchev–Trinajstić information content (AvgIpc) is 3.57. The van der Waals surface area contributed by atoms with E-state index in [0.717, 1.165) is 19.3 Å². The number of carbonyl (C=O) groups is 1. The number of rotatable bonds is 3.